The van der Waals surface area contributed by atoms with Crippen LogP contribution in [0.1, 0.15) is 60.2 Å². The molecule has 0 spiro atoms. The molecule has 41 heavy (non-hydrogen) atoms. The zero-order chi connectivity index (χ0) is 29.6. The van der Waals surface area contributed by atoms with Crippen LogP contribution in [0.3, 0.4) is 0 Å². The van der Waals surface area contributed by atoms with Gasteiger partial charge in [-0.1, -0.05) is 32.0 Å². The molecule has 0 aliphatic rings. The number of benzene rings is 2. The molecule has 8 nitrogen and oxygen atoms in total. The average molecular weight is 583 g/mol. The van der Waals surface area contributed by atoms with E-state index in [9.17, 15) is 4.79 Å². The van der Waals surface area contributed by atoms with Crippen molar-refractivity contribution in [2.24, 2.45) is 0 Å². The normalized spacial score (nSPS) is 12.0. The third kappa shape index (κ3) is 10.3. The maximum atomic E-state index is 12.9. The molecule has 0 aliphatic heterocycles. The summed E-state index contributed by atoms with van der Waals surface area (Å²) in [6.45, 7) is 11.8. The van der Waals surface area contributed by atoms with Gasteiger partial charge in [-0.2, -0.15) is 0 Å². The summed E-state index contributed by atoms with van der Waals surface area (Å²) in [5.41, 5.74) is 2.84. The number of nitrogens with one attached hydrogen (secondary N) is 1. The molecule has 0 bridgehead atoms. The molecule has 224 valence electrons. The third-order valence-electron chi connectivity index (χ3n) is 7.26. The van der Waals surface area contributed by atoms with Crippen LogP contribution < -0.4 is 19.5 Å². The van der Waals surface area contributed by atoms with Crippen LogP contribution in [-0.2, 0) is 19.5 Å². The first-order valence-electron chi connectivity index (χ1n) is 14.4. The Bertz CT molecular complexity index is 1200. The van der Waals surface area contributed by atoms with Crippen LogP contribution in [0.25, 0.3) is 0 Å². The lowest BCUT2D eigenvalue weighted by molar-refractivity contribution is 0.0932. The monoisotopic (exact) mass is 582 g/mol. The molecule has 0 aliphatic carbocycles. The van der Waals surface area contributed by atoms with Gasteiger partial charge in [0.2, 0.25) is 0 Å². The van der Waals surface area contributed by atoms with Crippen molar-refractivity contribution in [1.29, 1.82) is 0 Å². The smallest absolute Gasteiger partial charge is 0.270 e. The van der Waals surface area contributed by atoms with Gasteiger partial charge < -0.3 is 24.4 Å². The Morgan fingerprint density at radius 3 is 2.27 bits per heavy atom. The molecule has 0 fully saturated rings. The van der Waals surface area contributed by atoms with E-state index >= 15 is 0 Å². The van der Waals surface area contributed by atoms with Crippen LogP contribution in [0.2, 0.25) is 0 Å². The number of ether oxygens (including phenoxy) is 3. The highest BCUT2D eigenvalue weighted by molar-refractivity contribution is 7.09. The second kappa shape index (κ2) is 17.0. The van der Waals surface area contributed by atoms with Crippen molar-refractivity contribution < 1.29 is 19.0 Å². The summed E-state index contributed by atoms with van der Waals surface area (Å²) in [4.78, 5) is 22.4. The van der Waals surface area contributed by atoms with E-state index in [0.29, 0.717) is 12.2 Å². The van der Waals surface area contributed by atoms with E-state index in [1.165, 1.54) is 16.9 Å². The summed E-state index contributed by atoms with van der Waals surface area (Å²) in [5, 5.41) is 5.92. The standard InChI is InChI=1S/C32H46N4O4S/c1-7-35(8-2)18-9-10-24(3)33-32(37)28-23-41-31(34-28)22-36(21-26-11-14-27(38-4)15-12-26)19-17-25-13-16-29(39-5)30(20-25)40-6/h11-16,20,23-24H,7-10,17-19,21-22H2,1-6H3,(H,33,37). The van der Waals surface area contributed by atoms with Gasteiger partial charge in [0.15, 0.2) is 11.5 Å². The maximum Gasteiger partial charge on any atom is 0.270 e. The van der Waals surface area contributed by atoms with E-state index < -0.39 is 0 Å². The molecule has 0 radical (unpaired) electrons. The molecule has 3 aromatic rings. The molecule has 1 N–H and O–H groups in total. The fourth-order valence-electron chi connectivity index (χ4n) is 4.74. The predicted octanol–water partition coefficient (Wildman–Crippen LogP) is 5.65. The number of hydrogen-bond acceptors (Lipinski definition) is 8. The van der Waals surface area contributed by atoms with Crippen LogP contribution in [-0.4, -0.2) is 74.2 Å². The fourth-order valence-corrected chi connectivity index (χ4v) is 5.55. The van der Waals surface area contributed by atoms with Gasteiger partial charge in [-0.15, -0.1) is 11.3 Å². The van der Waals surface area contributed by atoms with Crippen molar-refractivity contribution in [2.45, 2.75) is 59.2 Å². The van der Waals surface area contributed by atoms with E-state index in [1.807, 2.05) is 29.6 Å². The zero-order valence-corrected chi connectivity index (χ0v) is 26.3. The Hall–Kier alpha value is -3.14. The van der Waals surface area contributed by atoms with E-state index in [-0.39, 0.29) is 11.9 Å². The first-order valence-corrected chi connectivity index (χ1v) is 15.3. The van der Waals surface area contributed by atoms with E-state index in [2.05, 4.69) is 54.1 Å². The summed E-state index contributed by atoms with van der Waals surface area (Å²) in [7, 11) is 4.97. The Kier molecular flexibility index (Phi) is 13.4. The van der Waals surface area contributed by atoms with Crippen LogP contribution in [0.15, 0.2) is 47.8 Å². The van der Waals surface area contributed by atoms with Gasteiger partial charge in [-0.3, -0.25) is 9.69 Å². The van der Waals surface area contributed by atoms with Gasteiger partial charge in [-0.05, 0) is 81.2 Å². The minimum Gasteiger partial charge on any atom is -0.497 e. The first-order chi connectivity index (χ1) is 19.9. The number of hydrogen-bond donors (Lipinski definition) is 1. The highest BCUT2D eigenvalue weighted by Gasteiger charge is 2.16. The Labute approximate surface area is 249 Å². The number of thiazole rings is 1. The minimum absolute atomic E-state index is 0.102. The summed E-state index contributed by atoms with van der Waals surface area (Å²) in [6.07, 6.45) is 2.84. The summed E-state index contributed by atoms with van der Waals surface area (Å²) >= 11 is 1.53. The maximum absolute atomic E-state index is 12.9. The molecule has 0 saturated heterocycles. The van der Waals surface area contributed by atoms with Gasteiger partial charge in [0.25, 0.3) is 5.91 Å². The third-order valence-corrected chi connectivity index (χ3v) is 8.09. The molecule has 1 unspecified atom stereocenters. The largest absolute Gasteiger partial charge is 0.497 e. The quantitative estimate of drug-likeness (QED) is 0.208. The lowest BCUT2D eigenvalue weighted by atomic mass is 10.1. The number of methoxy groups -OCH3 is 3. The second-order valence-electron chi connectivity index (χ2n) is 10.2. The molecule has 1 atom stereocenters. The lowest BCUT2D eigenvalue weighted by Gasteiger charge is -2.22. The van der Waals surface area contributed by atoms with E-state index in [0.717, 1.165) is 79.8 Å². The van der Waals surface area contributed by atoms with Gasteiger partial charge >= 0.3 is 0 Å². The molecule has 1 amide bonds. The van der Waals surface area contributed by atoms with Crippen molar-refractivity contribution in [3.63, 3.8) is 0 Å². The SMILES string of the molecule is CCN(CC)CCCC(C)NC(=O)c1csc(CN(CCc2ccc(OC)c(OC)c2)Cc2ccc(OC)cc2)n1. The number of rotatable bonds is 18. The summed E-state index contributed by atoms with van der Waals surface area (Å²) in [5.74, 6) is 2.18. The van der Waals surface area contributed by atoms with Crippen LogP contribution in [0.5, 0.6) is 17.2 Å². The summed E-state index contributed by atoms with van der Waals surface area (Å²) < 4.78 is 16.2. The van der Waals surface area contributed by atoms with Crippen molar-refractivity contribution in [3.05, 3.63) is 69.7 Å². The molecular weight excluding hydrogens is 536 g/mol. The van der Waals surface area contributed by atoms with Crippen molar-refractivity contribution in [3.8, 4) is 17.2 Å². The zero-order valence-electron chi connectivity index (χ0n) is 25.4. The van der Waals surface area contributed by atoms with Crippen LogP contribution in [0.4, 0.5) is 0 Å². The van der Waals surface area contributed by atoms with E-state index in [1.54, 1.807) is 21.3 Å². The Morgan fingerprint density at radius 2 is 1.61 bits per heavy atom. The van der Waals surface area contributed by atoms with Gasteiger partial charge in [0, 0.05) is 24.5 Å². The highest BCUT2D eigenvalue weighted by Crippen LogP contribution is 2.28. The topological polar surface area (TPSA) is 76.2 Å². The van der Waals surface area contributed by atoms with Gasteiger partial charge in [0.05, 0.1) is 27.9 Å². The number of aromatic nitrogens is 1. The molecular formula is C32H46N4O4S. The Morgan fingerprint density at radius 1 is 0.902 bits per heavy atom. The molecule has 1 heterocycles. The van der Waals surface area contributed by atoms with Gasteiger partial charge in [0.1, 0.15) is 16.5 Å². The first kappa shape index (κ1) is 32.4. The number of carbonyl (C=O) groups is 1. The Balaban J connectivity index is 1.64. The molecule has 9 heteroatoms. The highest BCUT2D eigenvalue weighted by atomic mass is 32.1. The number of nitrogens with zero attached hydrogens (tertiary/aromatic N) is 3. The van der Waals surface area contributed by atoms with Crippen molar-refractivity contribution >= 4 is 17.2 Å². The van der Waals surface area contributed by atoms with Crippen molar-refractivity contribution in [2.75, 3.05) is 47.5 Å². The molecule has 3 rings (SSSR count). The van der Waals surface area contributed by atoms with Crippen LogP contribution >= 0.6 is 11.3 Å². The second-order valence-corrected chi connectivity index (χ2v) is 11.1. The summed E-state index contributed by atoms with van der Waals surface area (Å²) in [6, 6.07) is 14.3. The number of amides is 1. The lowest BCUT2D eigenvalue weighted by Crippen LogP contribution is -2.34. The molecule has 0 saturated carbocycles. The average Bonchev–Trinajstić information content (AvgIpc) is 3.47. The van der Waals surface area contributed by atoms with Gasteiger partial charge in [-0.25, -0.2) is 4.98 Å². The van der Waals surface area contributed by atoms with E-state index in [4.69, 9.17) is 19.2 Å². The molecule has 1 aromatic heterocycles. The predicted molar refractivity (Wildman–Crippen MR) is 166 cm³/mol. The van der Waals surface area contributed by atoms with Crippen molar-refractivity contribution in [1.82, 2.24) is 20.1 Å². The molecule has 2 aromatic carbocycles. The van der Waals surface area contributed by atoms with Crippen LogP contribution in [0, 0.1) is 0 Å². The fraction of sp³-hybridized carbons (Fsp3) is 0.500. The minimum atomic E-state index is -0.102. The number of carbonyl (C=O) groups excluding carboxylic acids is 1.